The highest BCUT2D eigenvalue weighted by atomic mass is 16.8. The van der Waals surface area contributed by atoms with Gasteiger partial charge in [0.1, 0.15) is 30.5 Å². The van der Waals surface area contributed by atoms with Crippen LogP contribution >= 0.6 is 0 Å². The molecule has 8 N–H and O–H groups in total. The molecule has 0 aliphatic carbocycles. The quantitative estimate of drug-likeness (QED) is 0.174. The zero-order chi connectivity index (χ0) is 17.5. The van der Waals surface area contributed by atoms with Crippen molar-refractivity contribution in [2.24, 2.45) is 0 Å². The molecule has 0 aromatic rings. The van der Waals surface area contributed by atoms with E-state index in [2.05, 4.69) is 14.2 Å². The Morgan fingerprint density at radius 2 is 1.57 bits per heavy atom. The lowest BCUT2D eigenvalue weighted by molar-refractivity contribution is -0.418. The molecular weight excluding hydrogens is 324 g/mol. The minimum atomic E-state index is -3.05. The van der Waals surface area contributed by atoms with Crippen molar-refractivity contribution in [3.8, 4) is 0 Å². The van der Waals surface area contributed by atoms with E-state index in [1.807, 2.05) is 0 Å². The Kier molecular flexibility index (Phi) is 5.22. The van der Waals surface area contributed by atoms with Gasteiger partial charge >= 0.3 is 11.9 Å². The van der Waals surface area contributed by atoms with Gasteiger partial charge in [0.25, 0.3) is 0 Å². The maximum Gasteiger partial charge on any atom is 0.357 e. The second kappa shape index (κ2) is 6.52. The van der Waals surface area contributed by atoms with E-state index in [-0.39, 0.29) is 0 Å². The third-order valence-corrected chi connectivity index (χ3v) is 3.62. The van der Waals surface area contributed by atoms with Crippen LogP contribution in [-0.2, 0) is 19.0 Å². The average Bonchev–Trinajstić information content (AvgIpc) is 2.51. The molecular formula is C11H18O12. The number of carbonyl (C=O) groups is 1. The second-order valence-electron chi connectivity index (χ2n) is 5.28. The topological polar surface area (TPSA) is 207 Å². The molecule has 134 valence electrons. The lowest BCUT2D eigenvalue weighted by Gasteiger charge is -2.42. The molecule has 0 radical (unpaired) electrons. The number of hydrogen-bond donors (Lipinski definition) is 8. The fraction of sp³-hybridized carbons (Fsp3) is 0.909. The molecule has 0 spiro atoms. The monoisotopic (exact) mass is 342 g/mol. The van der Waals surface area contributed by atoms with Gasteiger partial charge in [-0.2, -0.15) is 0 Å². The molecule has 12 heteroatoms. The summed E-state index contributed by atoms with van der Waals surface area (Å²) >= 11 is 0. The predicted octanol–water partition coefficient (Wildman–Crippen LogP) is -5.91. The molecule has 12 nitrogen and oxygen atoms in total. The lowest BCUT2D eigenvalue weighted by atomic mass is 9.99. The Morgan fingerprint density at radius 1 is 0.957 bits per heavy atom. The molecule has 2 aliphatic heterocycles. The van der Waals surface area contributed by atoms with E-state index >= 15 is 0 Å². The van der Waals surface area contributed by atoms with Crippen LogP contribution in [0.1, 0.15) is 0 Å². The molecule has 0 saturated carbocycles. The van der Waals surface area contributed by atoms with Gasteiger partial charge in [-0.05, 0) is 0 Å². The van der Waals surface area contributed by atoms with Gasteiger partial charge in [0.05, 0.1) is 6.61 Å². The number of carbonyl (C=O) groups excluding carboxylic acids is 1. The summed E-state index contributed by atoms with van der Waals surface area (Å²) in [6.45, 7) is -0.681. The van der Waals surface area contributed by atoms with E-state index in [4.69, 9.17) is 0 Å². The van der Waals surface area contributed by atoms with E-state index in [1.54, 1.807) is 0 Å². The van der Waals surface area contributed by atoms with Gasteiger partial charge in [0.2, 0.25) is 0 Å². The van der Waals surface area contributed by atoms with Crippen molar-refractivity contribution < 1.29 is 59.9 Å². The number of rotatable bonds is 2. The molecule has 0 aromatic heterocycles. The van der Waals surface area contributed by atoms with Crippen molar-refractivity contribution in [1.29, 1.82) is 0 Å². The van der Waals surface area contributed by atoms with E-state index in [0.717, 1.165) is 0 Å². The highest BCUT2D eigenvalue weighted by molar-refractivity contribution is 5.76. The zero-order valence-corrected chi connectivity index (χ0v) is 11.5. The van der Waals surface area contributed by atoms with Crippen LogP contribution in [0.2, 0.25) is 0 Å². The lowest BCUT2D eigenvalue weighted by Crippen LogP contribution is -2.65. The van der Waals surface area contributed by atoms with Crippen LogP contribution < -0.4 is 0 Å². The summed E-state index contributed by atoms with van der Waals surface area (Å²) < 4.78 is 13.6. The Hall–Kier alpha value is -0.930. The van der Waals surface area contributed by atoms with Crippen LogP contribution in [0.15, 0.2) is 0 Å². The molecule has 2 fully saturated rings. The van der Waals surface area contributed by atoms with Gasteiger partial charge in [-0.25, -0.2) is 4.79 Å². The number of aliphatic hydroxyl groups excluding tert-OH is 7. The van der Waals surface area contributed by atoms with Gasteiger partial charge in [-0.3, -0.25) is 0 Å². The number of esters is 1. The Bertz CT molecular complexity index is 445. The van der Waals surface area contributed by atoms with Gasteiger partial charge in [0.15, 0.2) is 18.5 Å². The summed E-state index contributed by atoms with van der Waals surface area (Å²) in [6, 6.07) is 0. The molecule has 2 heterocycles. The first-order valence-corrected chi connectivity index (χ1v) is 6.59. The molecule has 0 aromatic carbocycles. The standard InChI is InChI=1S/C11H18O12/c12-2-1-21-11(20,8(17)3(2)13)23-10(19)7-5(15)4(14)6(16)9(18)22-7/h2-9,12-18,20H,1H2/t2-,3+,4?,5?,6?,7?,8-,9?,11?/m1/s1. The van der Waals surface area contributed by atoms with Crippen LogP contribution in [0.3, 0.4) is 0 Å². The summed E-state index contributed by atoms with van der Waals surface area (Å²) in [5.41, 5.74) is 0. The fourth-order valence-electron chi connectivity index (χ4n) is 2.16. The van der Waals surface area contributed by atoms with E-state index in [9.17, 15) is 45.6 Å². The van der Waals surface area contributed by atoms with Crippen molar-refractivity contribution in [2.45, 2.75) is 55.0 Å². The van der Waals surface area contributed by atoms with Gasteiger partial charge in [0, 0.05) is 0 Å². The van der Waals surface area contributed by atoms with Crippen LogP contribution in [-0.4, -0.2) is 108 Å². The largest absolute Gasteiger partial charge is 0.404 e. The predicted molar refractivity (Wildman–Crippen MR) is 63.9 cm³/mol. The van der Waals surface area contributed by atoms with Crippen molar-refractivity contribution in [1.82, 2.24) is 0 Å². The SMILES string of the molecule is O=C(OC1(O)OC[C@@H](O)[C@H](O)[C@H]1O)C1OC(O)C(O)C(O)C1O. The van der Waals surface area contributed by atoms with Gasteiger partial charge in [-0.1, -0.05) is 0 Å². The van der Waals surface area contributed by atoms with E-state index in [1.165, 1.54) is 0 Å². The second-order valence-corrected chi connectivity index (χ2v) is 5.28. The molecule has 23 heavy (non-hydrogen) atoms. The maximum absolute atomic E-state index is 11.9. The minimum Gasteiger partial charge on any atom is -0.404 e. The van der Waals surface area contributed by atoms with Crippen LogP contribution in [0.4, 0.5) is 0 Å². The molecule has 6 unspecified atom stereocenters. The van der Waals surface area contributed by atoms with E-state index in [0.29, 0.717) is 0 Å². The third-order valence-electron chi connectivity index (χ3n) is 3.62. The summed E-state index contributed by atoms with van der Waals surface area (Å²) in [5, 5.41) is 76.0. The number of hydrogen-bond acceptors (Lipinski definition) is 12. The normalized spacial score (nSPS) is 51.3. The average molecular weight is 342 g/mol. The summed E-state index contributed by atoms with van der Waals surface area (Å²) in [5.74, 6) is -4.61. The van der Waals surface area contributed by atoms with Crippen molar-refractivity contribution >= 4 is 5.97 Å². The van der Waals surface area contributed by atoms with Crippen molar-refractivity contribution in [3.63, 3.8) is 0 Å². The first-order chi connectivity index (χ1) is 10.6. The minimum absolute atomic E-state index is 0.681. The number of aliphatic hydroxyl groups is 8. The number of ether oxygens (including phenoxy) is 3. The third kappa shape index (κ3) is 3.32. The molecule has 0 amide bonds. The van der Waals surface area contributed by atoms with Gasteiger partial charge < -0.3 is 55.1 Å². The van der Waals surface area contributed by atoms with Crippen molar-refractivity contribution in [3.05, 3.63) is 0 Å². The van der Waals surface area contributed by atoms with Crippen molar-refractivity contribution in [2.75, 3.05) is 6.61 Å². The van der Waals surface area contributed by atoms with Crippen LogP contribution in [0.25, 0.3) is 0 Å². The van der Waals surface area contributed by atoms with E-state index < -0.39 is 67.6 Å². The molecule has 9 atom stereocenters. The molecule has 0 bridgehead atoms. The summed E-state index contributed by atoms with van der Waals surface area (Å²) in [4.78, 5) is 11.9. The summed E-state index contributed by atoms with van der Waals surface area (Å²) in [6.07, 6.45) is -15.6. The smallest absolute Gasteiger partial charge is 0.357 e. The molecule has 2 rings (SSSR count). The Balaban J connectivity index is 2.09. The highest BCUT2D eigenvalue weighted by Crippen LogP contribution is 2.28. The maximum atomic E-state index is 11.9. The molecule has 2 saturated heterocycles. The van der Waals surface area contributed by atoms with Gasteiger partial charge in [-0.15, -0.1) is 0 Å². The highest BCUT2D eigenvalue weighted by Gasteiger charge is 2.55. The first-order valence-electron chi connectivity index (χ1n) is 6.59. The van der Waals surface area contributed by atoms with Crippen LogP contribution in [0, 0.1) is 0 Å². The Labute approximate surface area is 128 Å². The first kappa shape index (κ1) is 18.4. The molecule has 2 aliphatic rings. The Morgan fingerprint density at radius 3 is 2.17 bits per heavy atom. The zero-order valence-electron chi connectivity index (χ0n) is 11.5. The summed E-state index contributed by atoms with van der Waals surface area (Å²) in [7, 11) is 0. The fourth-order valence-corrected chi connectivity index (χ4v) is 2.16. The van der Waals surface area contributed by atoms with Crippen LogP contribution in [0.5, 0.6) is 0 Å².